The minimum absolute atomic E-state index is 0.112. The molecule has 1 aromatic carbocycles. The van der Waals surface area contributed by atoms with Gasteiger partial charge in [-0.3, -0.25) is 0 Å². The van der Waals surface area contributed by atoms with Crippen LogP contribution in [0.15, 0.2) is 17.0 Å². The number of anilines is 1. The number of nitrogen functional groups attached to an aromatic ring is 1. The van der Waals surface area contributed by atoms with Crippen LogP contribution in [0.1, 0.15) is 24.8 Å². The predicted molar refractivity (Wildman–Crippen MR) is 80.8 cm³/mol. The Bertz CT molecular complexity index is 561. The summed E-state index contributed by atoms with van der Waals surface area (Å²) in [6.45, 7) is 1.90. The lowest BCUT2D eigenvalue weighted by Crippen LogP contribution is -2.32. The van der Waals surface area contributed by atoms with Crippen molar-refractivity contribution in [2.24, 2.45) is 0 Å². The number of thioether (sulfide) groups is 1. The van der Waals surface area contributed by atoms with Crippen molar-refractivity contribution in [2.45, 2.75) is 36.3 Å². The molecule has 0 radical (unpaired) electrons. The van der Waals surface area contributed by atoms with Crippen molar-refractivity contribution in [2.75, 3.05) is 18.0 Å². The molecule has 0 aliphatic carbocycles. The van der Waals surface area contributed by atoms with E-state index in [0.717, 1.165) is 24.7 Å². The van der Waals surface area contributed by atoms with Crippen LogP contribution in [0.5, 0.6) is 0 Å². The molecule has 1 heterocycles. The van der Waals surface area contributed by atoms with E-state index in [0.29, 0.717) is 11.8 Å². The van der Waals surface area contributed by atoms with Crippen molar-refractivity contribution in [3.63, 3.8) is 0 Å². The van der Waals surface area contributed by atoms with Gasteiger partial charge in [0.15, 0.2) is 0 Å². The summed E-state index contributed by atoms with van der Waals surface area (Å²) in [5.41, 5.74) is 6.04. The average molecular weight is 318 g/mol. The summed E-state index contributed by atoms with van der Waals surface area (Å²) in [5, 5.41) is 0.297. The second kappa shape index (κ2) is 6.32. The van der Waals surface area contributed by atoms with Crippen LogP contribution in [0.25, 0.3) is 0 Å². The Kier molecular flexibility index (Phi) is 4.93. The Morgan fingerprint density at radius 2 is 2.20 bits per heavy atom. The van der Waals surface area contributed by atoms with Gasteiger partial charge in [0.1, 0.15) is 5.82 Å². The maximum absolute atomic E-state index is 13.6. The number of rotatable bonds is 4. The van der Waals surface area contributed by atoms with Gasteiger partial charge in [-0.2, -0.15) is 11.8 Å². The highest BCUT2D eigenvalue weighted by atomic mass is 32.2. The third-order valence-corrected chi connectivity index (χ3v) is 6.24. The number of sulfonamides is 1. The summed E-state index contributed by atoms with van der Waals surface area (Å²) in [5.74, 6) is 0.468. The third-order valence-electron chi connectivity index (χ3n) is 3.44. The molecule has 3 N–H and O–H groups in total. The van der Waals surface area contributed by atoms with Crippen molar-refractivity contribution >= 4 is 27.5 Å². The van der Waals surface area contributed by atoms with Gasteiger partial charge in [-0.25, -0.2) is 17.5 Å². The van der Waals surface area contributed by atoms with Crippen LogP contribution in [0, 0.1) is 12.7 Å². The third kappa shape index (κ3) is 3.65. The highest BCUT2D eigenvalue weighted by molar-refractivity contribution is 8.00. The van der Waals surface area contributed by atoms with Gasteiger partial charge in [-0.1, -0.05) is 6.42 Å². The smallest absolute Gasteiger partial charge is 0.240 e. The molecule has 0 bridgehead atoms. The van der Waals surface area contributed by atoms with Crippen LogP contribution in [-0.2, 0) is 10.0 Å². The van der Waals surface area contributed by atoms with E-state index >= 15 is 0 Å². The van der Waals surface area contributed by atoms with E-state index < -0.39 is 15.8 Å². The van der Waals surface area contributed by atoms with Gasteiger partial charge in [0, 0.05) is 23.0 Å². The predicted octanol–water partition coefficient (Wildman–Crippen LogP) is 2.28. The Labute approximate surface area is 123 Å². The highest BCUT2D eigenvalue weighted by Gasteiger charge is 2.20. The Morgan fingerprint density at radius 1 is 1.45 bits per heavy atom. The molecule has 0 amide bonds. The number of benzene rings is 1. The van der Waals surface area contributed by atoms with Gasteiger partial charge in [0.05, 0.1) is 4.90 Å². The number of nitrogens with two attached hydrogens (primary N) is 1. The molecular formula is C13H19FN2O2S2. The molecule has 0 saturated carbocycles. The lowest BCUT2D eigenvalue weighted by atomic mass is 10.2. The van der Waals surface area contributed by atoms with Crippen molar-refractivity contribution in [3.05, 3.63) is 23.5 Å². The summed E-state index contributed by atoms with van der Waals surface area (Å²) in [7, 11) is -3.70. The zero-order valence-corrected chi connectivity index (χ0v) is 13.0. The molecule has 0 spiro atoms. The Balaban J connectivity index is 2.10. The first-order valence-corrected chi connectivity index (χ1v) is 9.10. The van der Waals surface area contributed by atoms with Crippen LogP contribution in [-0.4, -0.2) is 26.0 Å². The molecule has 1 saturated heterocycles. The van der Waals surface area contributed by atoms with Crippen LogP contribution < -0.4 is 10.5 Å². The zero-order chi connectivity index (χ0) is 14.8. The fraction of sp³-hybridized carbons (Fsp3) is 0.538. The summed E-state index contributed by atoms with van der Waals surface area (Å²) in [4.78, 5) is -0.112. The second-order valence-electron chi connectivity index (χ2n) is 4.96. The summed E-state index contributed by atoms with van der Waals surface area (Å²) < 4.78 is 40.4. The molecule has 1 aliphatic rings. The first-order valence-electron chi connectivity index (χ1n) is 6.57. The monoisotopic (exact) mass is 318 g/mol. The molecule has 20 heavy (non-hydrogen) atoms. The standard InChI is InChI=1S/C13H19FN2O2S2/c1-9-12(14)6-11(7-13(9)15)20(17,18)16-8-10-4-2-3-5-19-10/h6-7,10,16H,2-5,8,15H2,1H3. The topological polar surface area (TPSA) is 72.2 Å². The summed E-state index contributed by atoms with van der Waals surface area (Å²) in [6.07, 6.45) is 3.33. The quantitative estimate of drug-likeness (QED) is 0.836. The largest absolute Gasteiger partial charge is 0.398 e. The van der Waals surface area contributed by atoms with Crippen LogP contribution in [0.3, 0.4) is 0 Å². The van der Waals surface area contributed by atoms with Crippen molar-refractivity contribution in [1.29, 1.82) is 0 Å². The maximum Gasteiger partial charge on any atom is 0.240 e. The van der Waals surface area contributed by atoms with Crippen LogP contribution >= 0.6 is 11.8 Å². The molecule has 1 aliphatic heterocycles. The molecule has 1 atom stereocenters. The van der Waals surface area contributed by atoms with Gasteiger partial charge >= 0.3 is 0 Å². The molecule has 0 aromatic heterocycles. The first-order chi connectivity index (χ1) is 9.40. The van der Waals surface area contributed by atoms with Crippen LogP contribution in [0.4, 0.5) is 10.1 Å². The molecule has 1 unspecified atom stereocenters. The Hall–Kier alpha value is -0.790. The van der Waals surface area contributed by atoms with E-state index in [2.05, 4.69) is 4.72 Å². The van der Waals surface area contributed by atoms with Crippen molar-refractivity contribution in [3.8, 4) is 0 Å². The van der Waals surface area contributed by atoms with E-state index in [1.165, 1.54) is 19.4 Å². The average Bonchev–Trinajstić information content (AvgIpc) is 2.43. The molecule has 112 valence electrons. The molecule has 1 fully saturated rings. The number of hydrogen-bond donors (Lipinski definition) is 2. The number of halogens is 1. The minimum Gasteiger partial charge on any atom is -0.398 e. The van der Waals surface area contributed by atoms with E-state index in [-0.39, 0.29) is 16.1 Å². The molecule has 7 heteroatoms. The van der Waals surface area contributed by atoms with Crippen molar-refractivity contribution in [1.82, 2.24) is 4.72 Å². The molecule has 2 rings (SSSR count). The maximum atomic E-state index is 13.6. The Morgan fingerprint density at radius 3 is 2.80 bits per heavy atom. The lowest BCUT2D eigenvalue weighted by molar-refractivity contribution is 0.570. The van der Waals surface area contributed by atoms with E-state index in [4.69, 9.17) is 5.73 Å². The van der Waals surface area contributed by atoms with Gasteiger partial charge in [0.25, 0.3) is 0 Å². The fourth-order valence-electron chi connectivity index (χ4n) is 2.08. The van der Waals surface area contributed by atoms with Gasteiger partial charge in [-0.05, 0) is 37.7 Å². The van der Waals surface area contributed by atoms with E-state index in [9.17, 15) is 12.8 Å². The number of hydrogen-bond acceptors (Lipinski definition) is 4. The summed E-state index contributed by atoms with van der Waals surface area (Å²) in [6, 6.07) is 2.32. The van der Waals surface area contributed by atoms with Gasteiger partial charge < -0.3 is 5.73 Å². The molecule has 4 nitrogen and oxygen atoms in total. The SMILES string of the molecule is Cc1c(N)cc(S(=O)(=O)NCC2CCCCS2)cc1F. The number of nitrogens with one attached hydrogen (secondary N) is 1. The molecular weight excluding hydrogens is 299 g/mol. The first kappa shape index (κ1) is 15.6. The normalized spacial score (nSPS) is 20.0. The van der Waals surface area contributed by atoms with Crippen molar-refractivity contribution < 1.29 is 12.8 Å². The molecule has 1 aromatic rings. The summed E-state index contributed by atoms with van der Waals surface area (Å²) >= 11 is 1.78. The van der Waals surface area contributed by atoms with Gasteiger partial charge in [0.2, 0.25) is 10.0 Å². The highest BCUT2D eigenvalue weighted by Crippen LogP contribution is 2.25. The lowest BCUT2D eigenvalue weighted by Gasteiger charge is -2.21. The zero-order valence-electron chi connectivity index (χ0n) is 11.4. The van der Waals surface area contributed by atoms with E-state index in [1.807, 2.05) is 0 Å². The minimum atomic E-state index is -3.70. The van der Waals surface area contributed by atoms with Gasteiger partial charge in [-0.15, -0.1) is 0 Å². The van der Waals surface area contributed by atoms with E-state index in [1.54, 1.807) is 11.8 Å². The second-order valence-corrected chi connectivity index (χ2v) is 8.14. The van der Waals surface area contributed by atoms with Crippen LogP contribution in [0.2, 0.25) is 0 Å². The fourth-order valence-corrected chi connectivity index (χ4v) is 4.56.